The zero-order valence-corrected chi connectivity index (χ0v) is 14.2. The number of morpholine rings is 1. The highest BCUT2D eigenvalue weighted by molar-refractivity contribution is 5.94. The van der Waals surface area contributed by atoms with Crippen molar-refractivity contribution in [2.75, 3.05) is 31.1 Å². The number of anilines is 1. The quantitative estimate of drug-likeness (QED) is 0.823. The summed E-state index contributed by atoms with van der Waals surface area (Å²) in [5.74, 6) is 0.740. The average molecular weight is 337 g/mol. The first-order valence-corrected chi connectivity index (χ1v) is 8.52. The number of pyridine rings is 1. The van der Waals surface area contributed by atoms with Gasteiger partial charge in [0.05, 0.1) is 18.3 Å². The van der Waals surface area contributed by atoms with Gasteiger partial charge < -0.3 is 15.0 Å². The average Bonchev–Trinajstić information content (AvgIpc) is 2.67. The Hall–Kier alpha value is -2.66. The molecule has 0 saturated carbocycles. The van der Waals surface area contributed by atoms with E-state index in [2.05, 4.69) is 33.9 Å². The van der Waals surface area contributed by atoms with E-state index in [1.807, 2.05) is 30.3 Å². The molecule has 5 nitrogen and oxygen atoms in total. The van der Waals surface area contributed by atoms with Crippen LogP contribution in [0.3, 0.4) is 0 Å². The summed E-state index contributed by atoms with van der Waals surface area (Å²) in [5.41, 5.74) is 1.83. The number of aromatic nitrogens is 1. The summed E-state index contributed by atoms with van der Waals surface area (Å²) in [7, 11) is 0. The Balaban J connectivity index is 1.61. The molecule has 0 unspecified atom stereocenters. The molecule has 25 heavy (non-hydrogen) atoms. The minimum atomic E-state index is -0.136. The number of hydrogen-bond donors (Lipinski definition) is 1. The summed E-state index contributed by atoms with van der Waals surface area (Å²) in [6, 6.07) is 14.1. The zero-order valence-electron chi connectivity index (χ0n) is 14.2. The van der Waals surface area contributed by atoms with E-state index in [1.54, 1.807) is 12.3 Å². The normalized spacial score (nSPS) is 17.1. The van der Waals surface area contributed by atoms with Crippen LogP contribution in [-0.2, 0) is 11.2 Å². The Morgan fingerprint density at radius 3 is 2.88 bits per heavy atom. The molecular weight excluding hydrogens is 314 g/mol. The van der Waals surface area contributed by atoms with Crippen LogP contribution in [0, 0.1) is 0 Å². The third kappa shape index (κ3) is 4.67. The molecule has 1 aromatic carbocycles. The van der Waals surface area contributed by atoms with Crippen LogP contribution < -0.4 is 10.2 Å². The van der Waals surface area contributed by atoms with Gasteiger partial charge in [0, 0.05) is 32.3 Å². The van der Waals surface area contributed by atoms with E-state index in [9.17, 15) is 4.79 Å². The van der Waals surface area contributed by atoms with E-state index in [1.165, 1.54) is 5.56 Å². The van der Waals surface area contributed by atoms with E-state index in [0.717, 1.165) is 25.3 Å². The molecule has 0 aliphatic carbocycles. The topological polar surface area (TPSA) is 54.5 Å². The van der Waals surface area contributed by atoms with Crippen LogP contribution in [0.25, 0.3) is 0 Å². The summed E-state index contributed by atoms with van der Waals surface area (Å²) in [6.07, 6.45) is 4.31. The van der Waals surface area contributed by atoms with Crippen LogP contribution in [0.1, 0.15) is 15.9 Å². The smallest absolute Gasteiger partial charge is 0.253 e. The van der Waals surface area contributed by atoms with Crippen LogP contribution in [0.15, 0.2) is 61.3 Å². The molecule has 130 valence electrons. The van der Waals surface area contributed by atoms with Gasteiger partial charge in [-0.05, 0) is 17.7 Å². The second-order valence-corrected chi connectivity index (χ2v) is 6.03. The van der Waals surface area contributed by atoms with Crippen molar-refractivity contribution < 1.29 is 9.53 Å². The molecule has 3 rings (SSSR count). The van der Waals surface area contributed by atoms with Crippen molar-refractivity contribution in [1.82, 2.24) is 10.3 Å². The molecular formula is C20H23N3O2. The van der Waals surface area contributed by atoms with Gasteiger partial charge in [-0.15, -0.1) is 6.58 Å². The van der Waals surface area contributed by atoms with Crippen molar-refractivity contribution in [3.05, 3.63) is 72.4 Å². The third-order valence-electron chi connectivity index (χ3n) is 4.19. The van der Waals surface area contributed by atoms with E-state index in [-0.39, 0.29) is 12.0 Å². The molecule has 1 saturated heterocycles. The molecule has 0 spiro atoms. The Morgan fingerprint density at radius 2 is 2.16 bits per heavy atom. The number of carbonyl (C=O) groups excluding carboxylic acids is 1. The summed E-state index contributed by atoms with van der Waals surface area (Å²) >= 11 is 0. The molecule has 1 atom stereocenters. The van der Waals surface area contributed by atoms with Gasteiger partial charge in [-0.25, -0.2) is 4.98 Å². The van der Waals surface area contributed by atoms with E-state index in [0.29, 0.717) is 18.7 Å². The number of hydrogen-bond acceptors (Lipinski definition) is 4. The molecule has 1 fully saturated rings. The number of amides is 1. The van der Waals surface area contributed by atoms with Crippen LogP contribution in [0.4, 0.5) is 5.82 Å². The van der Waals surface area contributed by atoms with Gasteiger partial charge in [-0.3, -0.25) is 4.79 Å². The van der Waals surface area contributed by atoms with E-state index < -0.39 is 0 Å². The van der Waals surface area contributed by atoms with Gasteiger partial charge in [0.1, 0.15) is 5.82 Å². The van der Waals surface area contributed by atoms with Crippen molar-refractivity contribution in [2.24, 2.45) is 0 Å². The highest BCUT2D eigenvalue weighted by atomic mass is 16.5. The highest BCUT2D eigenvalue weighted by Gasteiger charge is 2.22. The zero-order chi connectivity index (χ0) is 17.5. The van der Waals surface area contributed by atoms with Crippen molar-refractivity contribution >= 4 is 11.7 Å². The maximum atomic E-state index is 11.9. The van der Waals surface area contributed by atoms with Crippen molar-refractivity contribution in [1.29, 1.82) is 0 Å². The van der Waals surface area contributed by atoms with Crippen LogP contribution in [0.5, 0.6) is 0 Å². The largest absolute Gasteiger partial charge is 0.374 e. The van der Waals surface area contributed by atoms with Crippen LogP contribution in [-0.4, -0.2) is 43.2 Å². The first-order valence-electron chi connectivity index (χ1n) is 8.52. The fourth-order valence-corrected chi connectivity index (χ4v) is 2.90. The van der Waals surface area contributed by atoms with Crippen molar-refractivity contribution in [3.63, 3.8) is 0 Å². The molecule has 5 heteroatoms. The van der Waals surface area contributed by atoms with Gasteiger partial charge in [0.25, 0.3) is 5.91 Å². The van der Waals surface area contributed by atoms with Gasteiger partial charge in [0.2, 0.25) is 0 Å². The Kier molecular flexibility index (Phi) is 5.80. The number of nitrogens with zero attached hydrogens (tertiary/aromatic N) is 2. The van der Waals surface area contributed by atoms with E-state index in [4.69, 9.17) is 4.74 Å². The van der Waals surface area contributed by atoms with Crippen LogP contribution in [0.2, 0.25) is 0 Å². The first-order chi connectivity index (χ1) is 12.3. The van der Waals surface area contributed by atoms with Gasteiger partial charge >= 0.3 is 0 Å². The molecule has 2 heterocycles. The third-order valence-corrected chi connectivity index (χ3v) is 4.19. The minimum Gasteiger partial charge on any atom is -0.374 e. The van der Waals surface area contributed by atoms with E-state index >= 15 is 0 Å². The van der Waals surface area contributed by atoms with Gasteiger partial charge in [-0.2, -0.15) is 0 Å². The lowest BCUT2D eigenvalue weighted by Crippen LogP contribution is -2.43. The highest BCUT2D eigenvalue weighted by Crippen LogP contribution is 2.18. The second kappa shape index (κ2) is 8.44. The Labute approximate surface area is 148 Å². The maximum absolute atomic E-state index is 11.9. The lowest BCUT2D eigenvalue weighted by molar-refractivity contribution is 0.0408. The molecule has 0 radical (unpaired) electrons. The molecule has 1 aromatic heterocycles. The number of nitrogens with one attached hydrogen (secondary N) is 1. The minimum absolute atomic E-state index is 0.136. The number of carbonyl (C=O) groups is 1. The number of rotatable bonds is 6. The first kappa shape index (κ1) is 17.2. The molecule has 1 aliphatic rings. The Morgan fingerprint density at radius 1 is 1.32 bits per heavy atom. The monoisotopic (exact) mass is 337 g/mol. The predicted octanol–water partition coefficient (Wildman–Crippen LogP) is 2.45. The SMILES string of the molecule is C=CCNC(=O)c1ccc(N2CCO[C@@H](Cc3ccccc3)C2)nc1. The standard InChI is InChI=1S/C20H23N3O2/c1-2-10-21-20(24)17-8-9-19(22-14-17)23-11-12-25-18(15-23)13-16-6-4-3-5-7-16/h2-9,14,18H,1,10-13,15H2,(H,21,24)/t18-/m0/s1. The predicted molar refractivity (Wildman–Crippen MR) is 98.9 cm³/mol. The molecule has 1 aliphatic heterocycles. The summed E-state index contributed by atoms with van der Waals surface area (Å²) < 4.78 is 5.90. The maximum Gasteiger partial charge on any atom is 0.253 e. The summed E-state index contributed by atoms with van der Waals surface area (Å²) in [5, 5.41) is 2.75. The van der Waals surface area contributed by atoms with Gasteiger partial charge in [0.15, 0.2) is 0 Å². The fraction of sp³-hybridized carbons (Fsp3) is 0.300. The lowest BCUT2D eigenvalue weighted by Gasteiger charge is -2.34. The molecule has 0 bridgehead atoms. The fourth-order valence-electron chi connectivity index (χ4n) is 2.90. The van der Waals surface area contributed by atoms with Crippen molar-refractivity contribution in [3.8, 4) is 0 Å². The molecule has 1 amide bonds. The lowest BCUT2D eigenvalue weighted by atomic mass is 10.1. The Bertz CT molecular complexity index is 701. The van der Waals surface area contributed by atoms with Gasteiger partial charge in [-0.1, -0.05) is 36.4 Å². The molecule has 1 N–H and O–H groups in total. The van der Waals surface area contributed by atoms with Crippen LogP contribution >= 0.6 is 0 Å². The summed E-state index contributed by atoms with van der Waals surface area (Å²) in [4.78, 5) is 18.6. The molecule has 2 aromatic rings. The van der Waals surface area contributed by atoms with Crippen molar-refractivity contribution in [2.45, 2.75) is 12.5 Å². The number of benzene rings is 1. The summed E-state index contributed by atoms with van der Waals surface area (Å²) in [6.45, 7) is 6.32. The number of ether oxygens (including phenoxy) is 1. The second-order valence-electron chi connectivity index (χ2n) is 6.03.